The summed E-state index contributed by atoms with van der Waals surface area (Å²) in [4.78, 5) is 69.0. The van der Waals surface area contributed by atoms with Gasteiger partial charge in [0.2, 0.25) is 23.6 Å². The van der Waals surface area contributed by atoms with E-state index >= 15 is 0 Å². The van der Waals surface area contributed by atoms with Gasteiger partial charge >= 0.3 is 5.97 Å². The molecule has 16 N–H and O–H groups in total. The van der Waals surface area contributed by atoms with E-state index in [0.717, 1.165) is 0 Å². The average Bonchev–Trinajstić information content (AvgIpc) is 2.81. The molecule has 0 aromatic heterocycles. The highest BCUT2D eigenvalue weighted by molar-refractivity contribution is 5.94. The van der Waals surface area contributed by atoms with Crippen molar-refractivity contribution < 1.29 is 29.1 Å². The fourth-order valence-corrected chi connectivity index (χ4v) is 3.35. The summed E-state index contributed by atoms with van der Waals surface area (Å²) in [5, 5.41) is 16.7. The van der Waals surface area contributed by atoms with Crippen molar-refractivity contribution in [2.24, 2.45) is 50.3 Å². The van der Waals surface area contributed by atoms with E-state index in [1.807, 2.05) is 13.8 Å². The van der Waals surface area contributed by atoms with Crippen LogP contribution in [0.25, 0.3) is 0 Å². The Morgan fingerprint density at radius 3 is 1.64 bits per heavy atom. The highest BCUT2D eigenvalue weighted by Crippen LogP contribution is 2.08. The summed E-state index contributed by atoms with van der Waals surface area (Å²) in [5.74, 6) is -4.83. The minimum atomic E-state index is -1.60. The highest BCUT2D eigenvalue weighted by atomic mass is 16.4. The molecule has 0 heterocycles. The molecule has 0 fully saturated rings. The number of amides is 4. The van der Waals surface area contributed by atoms with Crippen LogP contribution in [-0.4, -0.2) is 83.9 Å². The summed E-state index contributed by atoms with van der Waals surface area (Å²) in [7, 11) is 0. The number of nitrogens with one attached hydrogen (secondary N) is 3. The maximum absolute atomic E-state index is 13.2. The number of carboxylic acid groups (broad SMARTS) is 1. The molecule has 222 valence electrons. The van der Waals surface area contributed by atoms with Gasteiger partial charge in [0.15, 0.2) is 11.9 Å². The van der Waals surface area contributed by atoms with E-state index in [0.29, 0.717) is 6.42 Å². The fraction of sp³-hybridized carbons (Fsp3) is 0.682. The predicted octanol–water partition coefficient (Wildman–Crippen LogP) is -4.12. The minimum absolute atomic E-state index is 0.0178. The molecule has 0 aliphatic rings. The van der Waals surface area contributed by atoms with E-state index < -0.39 is 60.2 Å². The second-order valence-electron chi connectivity index (χ2n) is 9.33. The lowest BCUT2D eigenvalue weighted by Gasteiger charge is -2.26. The molecule has 4 atom stereocenters. The molecule has 4 unspecified atom stereocenters. The quantitative estimate of drug-likeness (QED) is 0.0413. The van der Waals surface area contributed by atoms with Gasteiger partial charge in [-0.2, -0.15) is 0 Å². The number of nitrogens with zero attached hydrogens (tertiary/aromatic N) is 2. The Morgan fingerprint density at radius 1 is 0.718 bits per heavy atom. The Morgan fingerprint density at radius 2 is 1.18 bits per heavy atom. The van der Waals surface area contributed by atoms with Gasteiger partial charge in [0.05, 0.1) is 12.5 Å². The van der Waals surface area contributed by atoms with Crippen molar-refractivity contribution in [2.75, 3.05) is 13.1 Å². The first-order valence-electron chi connectivity index (χ1n) is 12.4. The van der Waals surface area contributed by atoms with Crippen LogP contribution in [0.5, 0.6) is 0 Å². The van der Waals surface area contributed by atoms with Crippen molar-refractivity contribution in [3.8, 4) is 0 Å². The van der Waals surface area contributed by atoms with Gasteiger partial charge < -0.3 is 55.5 Å². The zero-order valence-corrected chi connectivity index (χ0v) is 22.4. The maximum atomic E-state index is 13.2. The molecule has 0 aromatic rings. The van der Waals surface area contributed by atoms with Crippen LogP contribution >= 0.6 is 0 Å². The third kappa shape index (κ3) is 16.3. The molecule has 0 radical (unpaired) electrons. The number of primary amides is 1. The highest BCUT2D eigenvalue weighted by Gasteiger charge is 2.31. The van der Waals surface area contributed by atoms with Crippen molar-refractivity contribution in [3.05, 3.63) is 0 Å². The molecule has 39 heavy (non-hydrogen) atoms. The minimum Gasteiger partial charge on any atom is -0.480 e. The summed E-state index contributed by atoms with van der Waals surface area (Å²) >= 11 is 0. The lowest BCUT2D eigenvalue weighted by Crippen LogP contribution is -2.57. The van der Waals surface area contributed by atoms with Gasteiger partial charge in [0, 0.05) is 13.1 Å². The van der Waals surface area contributed by atoms with Crippen molar-refractivity contribution in [2.45, 2.75) is 76.5 Å². The number of carbonyl (C=O) groups excluding carboxylic acids is 4. The summed E-state index contributed by atoms with van der Waals surface area (Å²) in [5.41, 5.74) is 32.2. The largest absolute Gasteiger partial charge is 0.480 e. The molecule has 4 amide bonds. The van der Waals surface area contributed by atoms with Gasteiger partial charge in [-0.15, -0.1) is 0 Å². The average molecular weight is 558 g/mol. The van der Waals surface area contributed by atoms with E-state index in [1.165, 1.54) is 0 Å². The Labute approximate surface area is 226 Å². The third-order valence-electron chi connectivity index (χ3n) is 5.24. The Bertz CT molecular complexity index is 901. The number of aliphatic carboxylic acids is 1. The predicted molar refractivity (Wildman–Crippen MR) is 144 cm³/mol. The Hall–Kier alpha value is -4.15. The van der Waals surface area contributed by atoms with E-state index in [9.17, 15) is 29.1 Å². The van der Waals surface area contributed by atoms with Crippen LogP contribution in [0.1, 0.15) is 52.4 Å². The van der Waals surface area contributed by atoms with Gasteiger partial charge in [-0.3, -0.25) is 29.2 Å². The van der Waals surface area contributed by atoms with Crippen LogP contribution in [-0.2, 0) is 24.0 Å². The maximum Gasteiger partial charge on any atom is 0.326 e. The SMILES string of the molecule is CC(C)CC(NC(=O)C(N)CCCN=C(N)N)C(=O)NC(CCCN=C(N)N)C(=O)NC(CC(N)=O)C(=O)O. The molecule has 0 spiro atoms. The first-order valence-corrected chi connectivity index (χ1v) is 12.4. The molecule has 0 bridgehead atoms. The molecule has 17 heteroatoms. The molecule has 17 nitrogen and oxygen atoms in total. The van der Waals surface area contributed by atoms with Crippen molar-refractivity contribution in [1.29, 1.82) is 0 Å². The zero-order chi connectivity index (χ0) is 30.1. The summed E-state index contributed by atoms with van der Waals surface area (Å²) in [6.07, 6.45) is 0.519. The number of carbonyl (C=O) groups is 5. The number of nitrogens with two attached hydrogens (primary N) is 6. The van der Waals surface area contributed by atoms with Gasteiger partial charge in [-0.1, -0.05) is 13.8 Å². The van der Waals surface area contributed by atoms with E-state index in [-0.39, 0.29) is 56.6 Å². The fourth-order valence-electron chi connectivity index (χ4n) is 3.35. The molecular weight excluding hydrogens is 514 g/mol. The summed E-state index contributed by atoms with van der Waals surface area (Å²) < 4.78 is 0. The molecule has 0 saturated carbocycles. The number of aliphatic imine (C=N–C) groups is 2. The van der Waals surface area contributed by atoms with E-state index in [1.54, 1.807) is 0 Å². The second-order valence-corrected chi connectivity index (χ2v) is 9.33. The standard InChI is InChI=1S/C22H43N11O6/c1-11(2)9-14(32-17(35)12(23)5-3-7-29-21(25)26)19(37)31-13(6-4-8-30-22(27)28)18(36)33-15(20(38)39)10-16(24)34/h11-15H,3-10,23H2,1-2H3,(H2,24,34)(H,31,37)(H,32,35)(H,33,36)(H,38,39)(H4,25,26,29)(H4,27,28,30). The molecular formula is C22H43N11O6. The van der Waals surface area contributed by atoms with Gasteiger partial charge in [0.25, 0.3) is 0 Å². The molecule has 0 aliphatic heterocycles. The van der Waals surface area contributed by atoms with Crippen molar-refractivity contribution in [3.63, 3.8) is 0 Å². The number of hydrogen-bond acceptors (Lipinski definition) is 8. The van der Waals surface area contributed by atoms with Crippen LogP contribution in [0.15, 0.2) is 9.98 Å². The number of guanidine groups is 2. The van der Waals surface area contributed by atoms with E-state index in [2.05, 4.69) is 25.9 Å². The molecule has 0 rings (SSSR count). The van der Waals surface area contributed by atoms with Crippen LogP contribution < -0.4 is 50.4 Å². The van der Waals surface area contributed by atoms with Crippen LogP contribution in [0.4, 0.5) is 0 Å². The summed E-state index contributed by atoms with van der Waals surface area (Å²) in [6.45, 7) is 4.08. The lowest BCUT2D eigenvalue weighted by molar-refractivity contribution is -0.143. The van der Waals surface area contributed by atoms with Gasteiger partial charge in [-0.05, 0) is 38.0 Å². The molecule has 0 aliphatic carbocycles. The normalized spacial score (nSPS) is 13.7. The van der Waals surface area contributed by atoms with E-state index in [4.69, 9.17) is 34.4 Å². The first-order chi connectivity index (χ1) is 18.1. The topological polar surface area (TPSA) is 323 Å². The third-order valence-corrected chi connectivity index (χ3v) is 5.24. The molecule has 0 saturated heterocycles. The number of carboxylic acids is 1. The Balaban J connectivity index is 5.58. The van der Waals surface area contributed by atoms with Crippen LogP contribution in [0, 0.1) is 5.92 Å². The number of rotatable bonds is 19. The van der Waals surface area contributed by atoms with Crippen molar-refractivity contribution in [1.82, 2.24) is 16.0 Å². The van der Waals surface area contributed by atoms with Crippen molar-refractivity contribution >= 4 is 41.5 Å². The Kier molecular flexibility index (Phi) is 16.2. The van der Waals surface area contributed by atoms with Gasteiger partial charge in [-0.25, -0.2) is 4.79 Å². The summed E-state index contributed by atoms with van der Waals surface area (Å²) in [6, 6.07) is -4.82. The lowest BCUT2D eigenvalue weighted by atomic mass is 10.0. The molecule has 0 aromatic carbocycles. The number of hydrogen-bond donors (Lipinski definition) is 10. The van der Waals surface area contributed by atoms with Crippen LogP contribution in [0.3, 0.4) is 0 Å². The first kappa shape index (κ1) is 34.9. The second kappa shape index (κ2) is 18.2. The van der Waals surface area contributed by atoms with Gasteiger partial charge in [0.1, 0.15) is 18.1 Å². The van der Waals surface area contributed by atoms with Crippen LogP contribution in [0.2, 0.25) is 0 Å². The monoisotopic (exact) mass is 557 g/mol. The smallest absolute Gasteiger partial charge is 0.326 e. The zero-order valence-electron chi connectivity index (χ0n) is 22.4.